The fourth-order valence-electron chi connectivity index (χ4n) is 4.20. The summed E-state index contributed by atoms with van der Waals surface area (Å²) in [6.07, 6.45) is -4.85. The van der Waals surface area contributed by atoms with E-state index in [1.54, 1.807) is 36.1 Å². The van der Waals surface area contributed by atoms with Gasteiger partial charge in [-0.2, -0.15) is 18.3 Å². The second-order valence-electron chi connectivity index (χ2n) is 8.53. The van der Waals surface area contributed by atoms with E-state index in [2.05, 4.69) is 10.4 Å². The maximum Gasteiger partial charge on any atom is 0.436 e. The van der Waals surface area contributed by atoms with Gasteiger partial charge >= 0.3 is 12.1 Å². The van der Waals surface area contributed by atoms with Crippen LogP contribution in [0.15, 0.2) is 48.5 Å². The molecule has 196 valence electrons. The van der Waals surface area contributed by atoms with Gasteiger partial charge in [0.05, 0.1) is 24.8 Å². The Balaban J connectivity index is 1.61. The molecule has 0 fully saturated rings. The van der Waals surface area contributed by atoms with Gasteiger partial charge in [-0.1, -0.05) is 24.3 Å². The van der Waals surface area contributed by atoms with Gasteiger partial charge < -0.3 is 25.2 Å². The van der Waals surface area contributed by atoms with Crippen molar-refractivity contribution < 1.29 is 37.7 Å². The van der Waals surface area contributed by atoms with E-state index in [1.807, 2.05) is 0 Å². The summed E-state index contributed by atoms with van der Waals surface area (Å²) in [5, 5.41) is 24.3. The lowest BCUT2D eigenvalue weighted by Crippen LogP contribution is -2.31. The highest BCUT2D eigenvalue weighted by atomic mass is 19.4. The quantitative estimate of drug-likeness (QED) is 0.397. The number of ether oxygens (including phenoxy) is 1. The lowest BCUT2D eigenvalue weighted by Gasteiger charge is -2.21. The van der Waals surface area contributed by atoms with E-state index in [9.17, 15) is 22.8 Å². The molecule has 0 bridgehead atoms. The summed E-state index contributed by atoms with van der Waals surface area (Å²) in [5.41, 5.74) is -0.494. The number of nitrogens with one attached hydrogen (secondary N) is 1. The highest BCUT2D eigenvalue weighted by Gasteiger charge is 2.44. The number of carboxylic acids is 1. The van der Waals surface area contributed by atoms with E-state index in [4.69, 9.17) is 14.9 Å². The van der Waals surface area contributed by atoms with Gasteiger partial charge in [-0.25, -0.2) is 9.48 Å². The summed E-state index contributed by atoms with van der Waals surface area (Å²) in [5.74, 6) is -1.47. The number of carbonyl (C=O) groups excluding carboxylic acids is 1. The number of nitrogens with zero attached hydrogens (tertiary/aromatic N) is 3. The van der Waals surface area contributed by atoms with Crippen molar-refractivity contribution in [3.8, 4) is 5.75 Å². The lowest BCUT2D eigenvalue weighted by molar-refractivity contribution is -0.141. The number of halogens is 3. The molecule has 1 aliphatic rings. The Morgan fingerprint density at radius 3 is 2.54 bits per heavy atom. The third kappa shape index (κ3) is 5.69. The van der Waals surface area contributed by atoms with Crippen LogP contribution in [0.5, 0.6) is 5.75 Å². The van der Waals surface area contributed by atoms with E-state index in [1.165, 1.54) is 28.9 Å². The van der Waals surface area contributed by atoms with Crippen molar-refractivity contribution in [3.05, 3.63) is 76.5 Å². The van der Waals surface area contributed by atoms with Crippen LogP contribution in [0.2, 0.25) is 0 Å². The number of anilines is 1. The van der Waals surface area contributed by atoms with E-state index in [0.29, 0.717) is 17.9 Å². The average Bonchev–Trinajstić information content (AvgIpc) is 3.43. The van der Waals surface area contributed by atoms with Gasteiger partial charge in [0.15, 0.2) is 5.69 Å². The average molecular weight is 518 g/mol. The molecular formula is C25H25F3N4O5. The van der Waals surface area contributed by atoms with Gasteiger partial charge in [-0.3, -0.25) is 4.79 Å². The molecule has 4 rings (SSSR count). The van der Waals surface area contributed by atoms with E-state index < -0.39 is 35.4 Å². The fraction of sp³-hybridized carbons (Fsp3) is 0.320. The Morgan fingerprint density at radius 1 is 1.16 bits per heavy atom. The lowest BCUT2D eigenvalue weighted by atomic mass is 10.1. The first-order valence-corrected chi connectivity index (χ1v) is 11.5. The van der Waals surface area contributed by atoms with Gasteiger partial charge in [0.1, 0.15) is 23.7 Å². The Hall–Kier alpha value is -4.06. The highest BCUT2D eigenvalue weighted by Crippen LogP contribution is 2.39. The summed E-state index contributed by atoms with van der Waals surface area (Å²) in [6, 6.07) is 12.0. The van der Waals surface area contributed by atoms with Gasteiger partial charge in [0.2, 0.25) is 0 Å². The Kier molecular flexibility index (Phi) is 7.39. The van der Waals surface area contributed by atoms with Crippen molar-refractivity contribution in [1.82, 2.24) is 15.1 Å². The fourth-order valence-corrected chi connectivity index (χ4v) is 4.20. The van der Waals surface area contributed by atoms with Crippen LogP contribution in [-0.4, -0.2) is 51.6 Å². The zero-order chi connectivity index (χ0) is 26.7. The predicted molar refractivity (Wildman–Crippen MR) is 127 cm³/mol. The minimum Gasteiger partial charge on any atom is -0.491 e. The van der Waals surface area contributed by atoms with Gasteiger partial charge in [0.25, 0.3) is 5.91 Å². The van der Waals surface area contributed by atoms with E-state index in [0.717, 1.165) is 5.56 Å². The van der Waals surface area contributed by atoms with Crippen molar-refractivity contribution in [2.45, 2.75) is 32.2 Å². The van der Waals surface area contributed by atoms with Crippen LogP contribution in [0.3, 0.4) is 0 Å². The molecule has 12 heteroatoms. The molecule has 1 amide bonds. The van der Waals surface area contributed by atoms with Gasteiger partial charge in [0, 0.05) is 13.1 Å². The van der Waals surface area contributed by atoms with Gasteiger partial charge in [-0.15, -0.1) is 0 Å². The number of aliphatic hydroxyl groups excluding tert-OH is 1. The maximum atomic E-state index is 13.9. The third-order valence-corrected chi connectivity index (χ3v) is 5.94. The van der Waals surface area contributed by atoms with Crippen LogP contribution in [-0.2, 0) is 19.3 Å². The molecule has 2 aromatic carbocycles. The van der Waals surface area contributed by atoms with Crippen LogP contribution < -0.4 is 15.0 Å². The number of aromatic nitrogens is 2. The third-order valence-electron chi connectivity index (χ3n) is 5.94. The number of carboxylic acid groups (broad SMARTS) is 1. The van der Waals surface area contributed by atoms with Crippen LogP contribution in [0, 0.1) is 0 Å². The molecule has 0 saturated carbocycles. The van der Waals surface area contributed by atoms with Crippen LogP contribution in [0.1, 0.15) is 50.5 Å². The second-order valence-corrected chi connectivity index (χ2v) is 8.53. The summed E-state index contributed by atoms with van der Waals surface area (Å²) < 4.78 is 48.3. The monoisotopic (exact) mass is 518 g/mol. The van der Waals surface area contributed by atoms with Crippen molar-refractivity contribution in [1.29, 1.82) is 0 Å². The van der Waals surface area contributed by atoms with Crippen LogP contribution in [0.25, 0.3) is 0 Å². The van der Waals surface area contributed by atoms with E-state index in [-0.39, 0.29) is 37.7 Å². The van der Waals surface area contributed by atoms with Crippen molar-refractivity contribution >= 4 is 17.7 Å². The molecule has 0 aliphatic carbocycles. The maximum absolute atomic E-state index is 13.9. The molecular weight excluding hydrogens is 493 g/mol. The summed E-state index contributed by atoms with van der Waals surface area (Å²) >= 11 is 0. The molecule has 0 unspecified atom stereocenters. The Bertz CT molecular complexity index is 1290. The van der Waals surface area contributed by atoms with Crippen LogP contribution >= 0.6 is 0 Å². The molecule has 37 heavy (non-hydrogen) atoms. The molecule has 1 aromatic heterocycles. The molecule has 9 nitrogen and oxygen atoms in total. The summed E-state index contributed by atoms with van der Waals surface area (Å²) in [4.78, 5) is 26.0. The molecule has 0 radical (unpaired) electrons. The number of fused-ring (bicyclic) bond motifs is 1. The van der Waals surface area contributed by atoms with Crippen molar-refractivity contribution in [2.75, 3.05) is 24.7 Å². The normalized spacial score (nSPS) is 13.8. The number of alkyl halides is 3. The van der Waals surface area contributed by atoms with Crippen molar-refractivity contribution in [2.24, 2.45) is 0 Å². The first-order valence-electron chi connectivity index (χ1n) is 11.5. The molecule has 3 aromatic rings. The number of hydrogen-bond acceptors (Lipinski definition) is 6. The zero-order valence-electron chi connectivity index (χ0n) is 19.8. The largest absolute Gasteiger partial charge is 0.491 e. The Labute approximate surface area is 210 Å². The highest BCUT2D eigenvalue weighted by molar-refractivity contribution is 6.01. The minimum atomic E-state index is -4.85. The minimum absolute atomic E-state index is 0.0533. The molecule has 0 saturated heterocycles. The molecule has 1 atom stereocenters. The topological polar surface area (TPSA) is 117 Å². The zero-order valence-corrected chi connectivity index (χ0v) is 19.8. The number of rotatable bonds is 9. The standard InChI is InChI=1S/C25H25F3N4O5/c1-15(17-5-7-18(8-6-17)24(35)36)29-22(34)20-21(25(26,27)28)30-32-10-9-31(23(20)32)14-16-3-2-4-19(13-16)37-12-11-33/h2-8,13,15,33H,9-12,14H2,1H3,(H,29,34)(H,35,36)/t15-/m0/s1. The van der Waals surface area contributed by atoms with Crippen molar-refractivity contribution in [3.63, 3.8) is 0 Å². The first-order chi connectivity index (χ1) is 17.6. The number of benzene rings is 2. The molecule has 3 N–H and O–H groups in total. The molecule has 0 spiro atoms. The number of amides is 1. The molecule has 1 aliphatic heterocycles. The number of aliphatic hydroxyl groups is 1. The first kappa shape index (κ1) is 26.0. The second kappa shape index (κ2) is 10.5. The van der Waals surface area contributed by atoms with Gasteiger partial charge in [-0.05, 0) is 42.3 Å². The Morgan fingerprint density at radius 2 is 1.89 bits per heavy atom. The van der Waals surface area contributed by atoms with Crippen LogP contribution in [0.4, 0.5) is 19.0 Å². The van der Waals surface area contributed by atoms with E-state index >= 15 is 0 Å². The SMILES string of the molecule is C[C@H](NC(=O)c1c(C(F)(F)F)nn2c1N(Cc1cccc(OCCO)c1)CC2)c1ccc(C(=O)O)cc1. The summed E-state index contributed by atoms with van der Waals surface area (Å²) in [6.45, 7) is 2.30. The predicted octanol–water partition coefficient (Wildman–Crippen LogP) is 3.48. The number of carbonyl (C=O) groups is 2. The molecule has 2 heterocycles. The summed E-state index contributed by atoms with van der Waals surface area (Å²) in [7, 11) is 0. The number of aromatic carboxylic acids is 1. The number of hydrogen-bond donors (Lipinski definition) is 3. The smallest absolute Gasteiger partial charge is 0.436 e.